The number of nitrogens with one attached hydrogen (secondary N) is 1. The van der Waals surface area contributed by atoms with Crippen LogP contribution >= 0.6 is 0 Å². The highest BCUT2D eigenvalue weighted by molar-refractivity contribution is 5.78. The smallest absolute Gasteiger partial charge is 0.307 e. The topological polar surface area (TPSA) is 66.4 Å². The lowest BCUT2D eigenvalue weighted by Gasteiger charge is -2.08. The van der Waals surface area contributed by atoms with Gasteiger partial charge in [0.05, 0.1) is 12.8 Å². The van der Waals surface area contributed by atoms with Crippen LogP contribution in [0.2, 0.25) is 0 Å². The van der Waals surface area contributed by atoms with Crippen LogP contribution in [0.5, 0.6) is 0 Å². The van der Waals surface area contributed by atoms with E-state index in [-0.39, 0.29) is 18.7 Å². The highest BCUT2D eigenvalue weighted by atomic mass is 16.4. The molecule has 1 rings (SSSR count). The SMILES string of the molecule is C#CCC(=O)NCc1ccccc1CC(=O)O. The number of benzene rings is 1. The minimum Gasteiger partial charge on any atom is -0.481 e. The quantitative estimate of drug-likeness (QED) is 0.741. The molecular weight excluding hydrogens is 218 g/mol. The first kappa shape index (κ1) is 12.8. The molecule has 0 aliphatic heterocycles. The zero-order valence-corrected chi connectivity index (χ0v) is 9.27. The third-order valence-electron chi connectivity index (χ3n) is 2.20. The lowest BCUT2D eigenvalue weighted by atomic mass is 10.0. The standard InChI is InChI=1S/C13H13NO3/c1-2-5-12(15)14-9-11-7-4-3-6-10(11)8-13(16)17/h1,3-4,6-7H,5,8-9H2,(H,14,15)(H,16,17). The van der Waals surface area contributed by atoms with Gasteiger partial charge >= 0.3 is 5.97 Å². The van der Waals surface area contributed by atoms with Crippen molar-refractivity contribution in [3.63, 3.8) is 0 Å². The Morgan fingerprint density at radius 1 is 1.29 bits per heavy atom. The average molecular weight is 231 g/mol. The van der Waals surface area contributed by atoms with E-state index in [1.165, 1.54) is 0 Å². The molecule has 4 nitrogen and oxygen atoms in total. The minimum atomic E-state index is -0.896. The molecule has 0 aromatic heterocycles. The highest BCUT2D eigenvalue weighted by Gasteiger charge is 2.07. The van der Waals surface area contributed by atoms with Crippen LogP contribution in [0.1, 0.15) is 17.5 Å². The lowest BCUT2D eigenvalue weighted by molar-refractivity contribution is -0.136. The zero-order chi connectivity index (χ0) is 12.7. The molecule has 17 heavy (non-hydrogen) atoms. The summed E-state index contributed by atoms with van der Waals surface area (Å²) in [5.74, 6) is 1.11. The Kier molecular flexibility index (Phi) is 4.77. The molecule has 0 bridgehead atoms. The molecule has 88 valence electrons. The molecule has 0 spiro atoms. The fraction of sp³-hybridized carbons (Fsp3) is 0.231. The fourth-order valence-electron chi connectivity index (χ4n) is 1.41. The molecule has 0 unspecified atom stereocenters. The maximum Gasteiger partial charge on any atom is 0.307 e. The maximum absolute atomic E-state index is 11.2. The van der Waals surface area contributed by atoms with Crippen LogP contribution in [0.4, 0.5) is 0 Å². The number of aliphatic carboxylic acids is 1. The summed E-state index contributed by atoms with van der Waals surface area (Å²) in [5.41, 5.74) is 1.49. The molecule has 2 N–H and O–H groups in total. The second-order valence-electron chi connectivity index (χ2n) is 3.50. The Morgan fingerprint density at radius 3 is 2.53 bits per heavy atom. The van der Waals surface area contributed by atoms with E-state index in [2.05, 4.69) is 11.2 Å². The Labute approximate surface area is 99.7 Å². The summed E-state index contributed by atoms with van der Waals surface area (Å²) in [6.07, 6.45) is 4.98. The third-order valence-corrected chi connectivity index (χ3v) is 2.20. The van der Waals surface area contributed by atoms with Crippen LogP contribution < -0.4 is 5.32 Å². The van der Waals surface area contributed by atoms with E-state index in [1.807, 2.05) is 0 Å². The first-order chi connectivity index (χ1) is 8.13. The molecular formula is C13H13NO3. The number of terminal acetylenes is 1. The van der Waals surface area contributed by atoms with Gasteiger partial charge < -0.3 is 10.4 Å². The molecule has 1 amide bonds. The predicted octanol–water partition coefficient (Wildman–Crippen LogP) is 0.953. The van der Waals surface area contributed by atoms with Crippen LogP contribution in [0.3, 0.4) is 0 Å². The predicted molar refractivity (Wildman–Crippen MR) is 63.1 cm³/mol. The van der Waals surface area contributed by atoms with Crippen molar-refractivity contribution >= 4 is 11.9 Å². The number of rotatable bonds is 5. The van der Waals surface area contributed by atoms with Gasteiger partial charge in [-0.15, -0.1) is 6.42 Å². The van der Waals surface area contributed by atoms with Crippen LogP contribution in [-0.4, -0.2) is 17.0 Å². The summed E-state index contributed by atoms with van der Waals surface area (Å²) in [5, 5.41) is 11.4. The van der Waals surface area contributed by atoms with Crippen molar-refractivity contribution in [2.45, 2.75) is 19.4 Å². The molecule has 0 fully saturated rings. The average Bonchev–Trinajstić information content (AvgIpc) is 2.27. The van der Waals surface area contributed by atoms with Crippen molar-refractivity contribution in [1.29, 1.82) is 0 Å². The van der Waals surface area contributed by atoms with Gasteiger partial charge in [0.2, 0.25) is 5.91 Å². The van der Waals surface area contributed by atoms with E-state index in [0.717, 1.165) is 5.56 Å². The maximum atomic E-state index is 11.2. The number of amides is 1. The summed E-state index contributed by atoms with van der Waals surface area (Å²) in [4.78, 5) is 21.8. The van der Waals surface area contributed by atoms with E-state index >= 15 is 0 Å². The lowest BCUT2D eigenvalue weighted by Crippen LogP contribution is -2.22. The van der Waals surface area contributed by atoms with E-state index in [0.29, 0.717) is 12.1 Å². The number of carboxylic acid groups (broad SMARTS) is 1. The van der Waals surface area contributed by atoms with Gasteiger partial charge in [-0.2, -0.15) is 0 Å². The summed E-state index contributed by atoms with van der Waals surface area (Å²) >= 11 is 0. The molecule has 0 aliphatic carbocycles. The first-order valence-corrected chi connectivity index (χ1v) is 5.12. The normalized spacial score (nSPS) is 9.35. The van der Waals surface area contributed by atoms with E-state index < -0.39 is 5.97 Å². The van der Waals surface area contributed by atoms with Crippen LogP contribution in [0, 0.1) is 12.3 Å². The monoisotopic (exact) mass is 231 g/mol. The summed E-state index contributed by atoms with van der Waals surface area (Å²) in [6.45, 7) is 0.296. The highest BCUT2D eigenvalue weighted by Crippen LogP contribution is 2.09. The van der Waals surface area contributed by atoms with E-state index in [4.69, 9.17) is 11.5 Å². The molecule has 0 saturated carbocycles. The molecule has 0 radical (unpaired) electrons. The summed E-state index contributed by atoms with van der Waals surface area (Å²) in [7, 11) is 0. The molecule has 0 saturated heterocycles. The fourth-order valence-corrected chi connectivity index (χ4v) is 1.41. The minimum absolute atomic E-state index is 0.0289. The number of hydrogen-bond donors (Lipinski definition) is 2. The van der Waals surface area contributed by atoms with E-state index in [9.17, 15) is 9.59 Å². The Balaban J connectivity index is 2.67. The first-order valence-electron chi connectivity index (χ1n) is 5.12. The van der Waals surface area contributed by atoms with Gasteiger partial charge in [0.15, 0.2) is 0 Å². The van der Waals surface area contributed by atoms with Crippen molar-refractivity contribution in [2.75, 3.05) is 0 Å². The Bertz CT molecular complexity index is 460. The Morgan fingerprint density at radius 2 is 1.94 bits per heavy atom. The second-order valence-corrected chi connectivity index (χ2v) is 3.50. The largest absolute Gasteiger partial charge is 0.481 e. The Hall–Kier alpha value is -2.28. The molecule has 1 aromatic carbocycles. The van der Waals surface area contributed by atoms with Gasteiger partial charge in [0, 0.05) is 6.54 Å². The number of carboxylic acids is 1. The van der Waals surface area contributed by atoms with Crippen molar-refractivity contribution in [3.05, 3.63) is 35.4 Å². The molecule has 0 aliphatic rings. The van der Waals surface area contributed by atoms with Gasteiger partial charge in [-0.05, 0) is 11.1 Å². The van der Waals surface area contributed by atoms with Crippen LogP contribution in [-0.2, 0) is 22.6 Å². The van der Waals surface area contributed by atoms with Crippen LogP contribution in [0.25, 0.3) is 0 Å². The van der Waals surface area contributed by atoms with Gasteiger partial charge in [-0.3, -0.25) is 9.59 Å². The van der Waals surface area contributed by atoms with Crippen molar-refractivity contribution in [1.82, 2.24) is 5.32 Å². The van der Waals surface area contributed by atoms with E-state index in [1.54, 1.807) is 24.3 Å². The van der Waals surface area contributed by atoms with Gasteiger partial charge in [-0.25, -0.2) is 0 Å². The second kappa shape index (κ2) is 6.33. The molecule has 1 aromatic rings. The zero-order valence-electron chi connectivity index (χ0n) is 9.27. The summed E-state index contributed by atoms with van der Waals surface area (Å²) < 4.78 is 0. The van der Waals surface area contributed by atoms with Gasteiger partial charge in [0.1, 0.15) is 0 Å². The van der Waals surface area contributed by atoms with Gasteiger partial charge in [0.25, 0.3) is 0 Å². The summed E-state index contributed by atoms with van der Waals surface area (Å²) in [6, 6.07) is 7.09. The number of hydrogen-bond acceptors (Lipinski definition) is 2. The van der Waals surface area contributed by atoms with Crippen LogP contribution in [0.15, 0.2) is 24.3 Å². The number of carbonyl (C=O) groups is 2. The van der Waals surface area contributed by atoms with Crippen molar-refractivity contribution in [2.24, 2.45) is 0 Å². The molecule has 4 heteroatoms. The third kappa shape index (κ3) is 4.39. The molecule has 0 atom stereocenters. The number of carbonyl (C=O) groups excluding carboxylic acids is 1. The van der Waals surface area contributed by atoms with Crippen molar-refractivity contribution in [3.8, 4) is 12.3 Å². The molecule has 0 heterocycles. The van der Waals surface area contributed by atoms with Crippen molar-refractivity contribution < 1.29 is 14.7 Å². The van der Waals surface area contributed by atoms with Gasteiger partial charge in [-0.1, -0.05) is 30.2 Å².